The van der Waals surface area contributed by atoms with Crippen LogP contribution < -0.4 is 5.73 Å². The van der Waals surface area contributed by atoms with E-state index in [9.17, 15) is 4.79 Å². The first kappa shape index (κ1) is 17.4. The van der Waals surface area contributed by atoms with E-state index < -0.39 is 6.04 Å². The summed E-state index contributed by atoms with van der Waals surface area (Å²) in [7, 11) is 1.66. The summed E-state index contributed by atoms with van der Waals surface area (Å²) < 4.78 is 10.8. The maximum absolute atomic E-state index is 11.8. The lowest BCUT2D eigenvalue weighted by Gasteiger charge is -2.39. The second-order valence-electron chi connectivity index (χ2n) is 6.44. The van der Waals surface area contributed by atoms with Crippen LogP contribution in [0.2, 0.25) is 0 Å². The first-order chi connectivity index (χ1) is 8.03. The van der Waals surface area contributed by atoms with Crippen LogP contribution in [0.3, 0.4) is 0 Å². The Morgan fingerprint density at radius 2 is 1.72 bits per heavy atom. The van der Waals surface area contributed by atoms with Crippen LogP contribution >= 0.6 is 0 Å². The van der Waals surface area contributed by atoms with E-state index in [4.69, 9.17) is 15.2 Å². The normalized spacial score (nSPS) is 14.7. The molecule has 0 saturated carbocycles. The summed E-state index contributed by atoms with van der Waals surface area (Å²) in [6.45, 7) is 12.4. The van der Waals surface area contributed by atoms with Gasteiger partial charge in [-0.05, 0) is 26.2 Å². The number of hydrogen-bond acceptors (Lipinski definition) is 4. The van der Waals surface area contributed by atoms with Crippen molar-refractivity contribution in [2.45, 2.75) is 59.6 Å². The number of carbonyl (C=O) groups excluding carboxylic acids is 1. The second-order valence-corrected chi connectivity index (χ2v) is 6.44. The molecule has 4 heteroatoms. The maximum atomic E-state index is 11.8. The molecule has 1 unspecified atom stereocenters. The minimum absolute atomic E-state index is 0.269. The largest absolute Gasteiger partial charge is 0.464 e. The van der Waals surface area contributed by atoms with Gasteiger partial charge in [0.05, 0.1) is 12.2 Å². The molecule has 0 radical (unpaired) electrons. The summed E-state index contributed by atoms with van der Waals surface area (Å²) >= 11 is 0. The number of hydrogen-bond donors (Lipinski definition) is 1. The highest BCUT2D eigenvalue weighted by Gasteiger charge is 2.38. The third-order valence-electron chi connectivity index (χ3n) is 3.74. The number of methoxy groups -OCH3 is 1. The molecule has 108 valence electrons. The molecule has 1 atom stereocenters. The van der Waals surface area contributed by atoms with Gasteiger partial charge in [0, 0.05) is 12.5 Å². The molecule has 0 aliphatic carbocycles. The minimum atomic E-state index is -0.536. The summed E-state index contributed by atoms with van der Waals surface area (Å²) in [5.41, 5.74) is 5.15. The van der Waals surface area contributed by atoms with Crippen LogP contribution in [0.5, 0.6) is 0 Å². The zero-order chi connectivity index (χ0) is 14.6. The smallest absolute Gasteiger partial charge is 0.322 e. The van der Waals surface area contributed by atoms with Crippen LogP contribution in [0.25, 0.3) is 0 Å². The first-order valence-electron chi connectivity index (χ1n) is 6.51. The molecule has 0 rings (SSSR count). The van der Waals surface area contributed by atoms with E-state index in [-0.39, 0.29) is 17.0 Å². The third-order valence-corrected chi connectivity index (χ3v) is 3.74. The van der Waals surface area contributed by atoms with Crippen LogP contribution in [0, 0.1) is 11.3 Å². The molecule has 18 heavy (non-hydrogen) atoms. The molecular weight excluding hydrogens is 230 g/mol. The Labute approximate surface area is 111 Å². The zero-order valence-electron chi connectivity index (χ0n) is 12.9. The molecule has 0 bridgehead atoms. The van der Waals surface area contributed by atoms with E-state index in [2.05, 4.69) is 0 Å². The lowest BCUT2D eigenvalue weighted by molar-refractivity contribution is -0.157. The van der Waals surface area contributed by atoms with Gasteiger partial charge in [0.1, 0.15) is 6.04 Å². The molecule has 0 heterocycles. The van der Waals surface area contributed by atoms with E-state index >= 15 is 0 Å². The molecule has 0 aromatic carbocycles. The Bertz CT molecular complexity index is 272. The van der Waals surface area contributed by atoms with Crippen LogP contribution in [0.15, 0.2) is 0 Å². The Kier molecular flexibility index (Phi) is 6.30. The van der Waals surface area contributed by atoms with Crippen LogP contribution in [0.4, 0.5) is 0 Å². The van der Waals surface area contributed by atoms with Crippen molar-refractivity contribution < 1.29 is 14.3 Å². The maximum Gasteiger partial charge on any atom is 0.322 e. The summed E-state index contributed by atoms with van der Waals surface area (Å²) in [5, 5.41) is 0. The van der Waals surface area contributed by atoms with Crippen molar-refractivity contribution in [3.05, 3.63) is 0 Å². The summed E-state index contributed by atoms with van der Waals surface area (Å²) in [4.78, 5) is 11.8. The van der Waals surface area contributed by atoms with Crippen molar-refractivity contribution in [1.29, 1.82) is 0 Å². The van der Waals surface area contributed by atoms with Gasteiger partial charge in [-0.1, -0.05) is 27.7 Å². The number of esters is 1. The summed E-state index contributed by atoms with van der Waals surface area (Å²) in [6, 6.07) is -0.536. The topological polar surface area (TPSA) is 61.5 Å². The SMILES string of the molecule is COC(C)(C)C(C)(C)COC(=O)C(N)CC(C)C. The Hall–Kier alpha value is -0.610. The molecule has 0 spiro atoms. The Morgan fingerprint density at radius 3 is 2.11 bits per heavy atom. The first-order valence-corrected chi connectivity index (χ1v) is 6.51. The van der Waals surface area contributed by atoms with Gasteiger partial charge in [0.25, 0.3) is 0 Å². The van der Waals surface area contributed by atoms with Crippen molar-refractivity contribution in [3.63, 3.8) is 0 Å². The van der Waals surface area contributed by atoms with Gasteiger partial charge in [-0.2, -0.15) is 0 Å². The van der Waals surface area contributed by atoms with E-state index in [0.717, 1.165) is 0 Å². The molecular formula is C14H29NO3. The van der Waals surface area contributed by atoms with Gasteiger partial charge in [-0.25, -0.2) is 0 Å². The lowest BCUT2D eigenvalue weighted by Crippen LogP contribution is -2.45. The van der Waals surface area contributed by atoms with Crippen LogP contribution in [-0.2, 0) is 14.3 Å². The van der Waals surface area contributed by atoms with Crippen molar-refractivity contribution in [2.75, 3.05) is 13.7 Å². The standard InChI is InChI=1S/C14H29NO3/c1-10(2)8-11(15)12(16)18-9-13(3,4)14(5,6)17-7/h10-11H,8-9,15H2,1-7H3. The average molecular weight is 259 g/mol. The van der Waals surface area contributed by atoms with Gasteiger partial charge < -0.3 is 15.2 Å². The molecule has 0 aromatic heterocycles. The Morgan fingerprint density at radius 1 is 1.22 bits per heavy atom. The molecule has 0 saturated heterocycles. The lowest BCUT2D eigenvalue weighted by atomic mass is 9.78. The van der Waals surface area contributed by atoms with Gasteiger partial charge in [0.15, 0.2) is 0 Å². The zero-order valence-corrected chi connectivity index (χ0v) is 12.9. The highest BCUT2D eigenvalue weighted by molar-refractivity contribution is 5.75. The Balaban J connectivity index is 4.36. The fraction of sp³-hybridized carbons (Fsp3) is 0.929. The van der Waals surface area contributed by atoms with E-state index in [0.29, 0.717) is 18.9 Å². The second kappa shape index (κ2) is 6.53. The molecule has 2 N–H and O–H groups in total. The molecule has 4 nitrogen and oxygen atoms in total. The molecule has 0 aliphatic rings. The highest BCUT2D eigenvalue weighted by Crippen LogP contribution is 2.33. The fourth-order valence-electron chi connectivity index (χ4n) is 1.41. The summed E-state index contributed by atoms with van der Waals surface area (Å²) in [6.07, 6.45) is 0.646. The van der Waals surface area contributed by atoms with Crippen LogP contribution in [-0.4, -0.2) is 31.3 Å². The van der Waals surface area contributed by atoms with Gasteiger partial charge in [-0.15, -0.1) is 0 Å². The molecule has 0 amide bonds. The predicted molar refractivity (Wildman–Crippen MR) is 73.3 cm³/mol. The number of nitrogens with two attached hydrogens (primary N) is 1. The highest BCUT2D eigenvalue weighted by atomic mass is 16.5. The molecule has 0 aliphatic heterocycles. The quantitative estimate of drug-likeness (QED) is 0.713. The van der Waals surface area contributed by atoms with Crippen molar-refractivity contribution in [1.82, 2.24) is 0 Å². The van der Waals surface area contributed by atoms with Crippen molar-refractivity contribution in [3.8, 4) is 0 Å². The fourth-order valence-corrected chi connectivity index (χ4v) is 1.41. The molecule has 0 fully saturated rings. The van der Waals surface area contributed by atoms with Crippen molar-refractivity contribution in [2.24, 2.45) is 17.1 Å². The van der Waals surface area contributed by atoms with Crippen LogP contribution in [0.1, 0.15) is 48.0 Å². The third kappa shape index (κ3) is 4.94. The van der Waals surface area contributed by atoms with E-state index in [1.54, 1.807) is 7.11 Å². The van der Waals surface area contributed by atoms with Gasteiger partial charge in [0.2, 0.25) is 0 Å². The molecule has 0 aromatic rings. The number of carbonyl (C=O) groups is 1. The predicted octanol–water partition coefficient (Wildman–Crippen LogP) is 2.35. The number of ether oxygens (including phenoxy) is 2. The monoisotopic (exact) mass is 259 g/mol. The minimum Gasteiger partial charge on any atom is -0.464 e. The number of rotatable bonds is 7. The average Bonchev–Trinajstić information content (AvgIpc) is 2.24. The van der Waals surface area contributed by atoms with Gasteiger partial charge >= 0.3 is 5.97 Å². The van der Waals surface area contributed by atoms with Crippen molar-refractivity contribution >= 4 is 5.97 Å². The van der Waals surface area contributed by atoms with E-state index in [1.807, 2.05) is 41.5 Å². The van der Waals surface area contributed by atoms with Gasteiger partial charge in [-0.3, -0.25) is 4.79 Å². The summed E-state index contributed by atoms with van der Waals surface area (Å²) in [5.74, 6) is 0.0552. The van der Waals surface area contributed by atoms with E-state index in [1.165, 1.54) is 0 Å².